The van der Waals surface area contributed by atoms with Crippen molar-refractivity contribution in [2.75, 3.05) is 7.11 Å². The van der Waals surface area contributed by atoms with Crippen LogP contribution in [0.1, 0.15) is 23.2 Å². The molecule has 1 aliphatic carbocycles. The second-order valence-corrected chi connectivity index (χ2v) is 4.77. The summed E-state index contributed by atoms with van der Waals surface area (Å²) < 4.78 is 5.34. The molecule has 1 fully saturated rings. The molecule has 2 aromatic rings. The van der Waals surface area contributed by atoms with Crippen molar-refractivity contribution in [3.05, 3.63) is 42.1 Å². The normalized spacial score (nSPS) is 16.7. The van der Waals surface area contributed by atoms with E-state index in [-0.39, 0.29) is 11.9 Å². The SMILES string of the molecule is COC(C(=O)c1ccc2ncccc2c1)C1CC1. The van der Waals surface area contributed by atoms with Gasteiger partial charge in [0.15, 0.2) is 5.78 Å². The molecule has 3 rings (SSSR count). The fraction of sp³-hybridized carbons (Fsp3) is 0.333. The highest BCUT2D eigenvalue weighted by molar-refractivity contribution is 6.02. The number of hydrogen-bond acceptors (Lipinski definition) is 3. The molecule has 0 aliphatic heterocycles. The van der Waals surface area contributed by atoms with E-state index in [1.807, 2.05) is 30.3 Å². The van der Waals surface area contributed by atoms with Gasteiger partial charge in [-0.1, -0.05) is 6.07 Å². The van der Waals surface area contributed by atoms with Gasteiger partial charge in [-0.15, -0.1) is 0 Å². The number of ketones is 1. The molecule has 0 spiro atoms. The van der Waals surface area contributed by atoms with Gasteiger partial charge in [-0.2, -0.15) is 0 Å². The van der Waals surface area contributed by atoms with Crippen LogP contribution in [0, 0.1) is 5.92 Å². The number of Topliss-reactive ketones (excluding diaryl/α,β-unsaturated/α-hetero) is 1. The zero-order valence-electron chi connectivity index (χ0n) is 10.3. The van der Waals surface area contributed by atoms with Crippen LogP contribution in [0.5, 0.6) is 0 Å². The maximum Gasteiger partial charge on any atom is 0.191 e. The number of pyridine rings is 1. The van der Waals surface area contributed by atoms with Crippen LogP contribution in [-0.4, -0.2) is 24.0 Å². The average molecular weight is 241 g/mol. The predicted octanol–water partition coefficient (Wildman–Crippen LogP) is 2.84. The van der Waals surface area contributed by atoms with E-state index in [1.165, 1.54) is 0 Å². The Labute approximate surface area is 106 Å². The molecule has 1 aromatic carbocycles. The molecule has 1 saturated carbocycles. The van der Waals surface area contributed by atoms with Crippen LogP contribution in [0.25, 0.3) is 10.9 Å². The molecule has 0 amide bonds. The summed E-state index contributed by atoms with van der Waals surface area (Å²) in [6.07, 6.45) is 3.67. The fourth-order valence-corrected chi connectivity index (χ4v) is 2.31. The molecular formula is C15H15NO2. The lowest BCUT2D eigenvalue weighted by molar-refractivity contribution is 0.0540. The highest BCUT2D eigenvalue weighted by Crippen LogP contribution is 2.35. The first-order chi connectivity index (χ1) is 8.79. The van der Waals surface area contributed by atoms with E-state index >= 15 is 0 Å². The molecule has 1 aliphatic rings. The van der Waals surface area contributed by atoms with E-state index in [0.717, 1.165) is 23.7 Å². The Balaban J connectivity index is 1.95. The summed E-state index contributed by atoms with van der Waals surface area (Å²) >= 11 is 0. The average Bonchev–Trinajstić information content (AvgIpc) is 3.23. The molecule has 3 nitrogen and oxygen atoms in total. The molecule has 1 heterocycles. The highest BCUT2D eigenvalue weighted by atomic mass is 16.5. The Morgan fingerprint density at radius 2 is 2.22 bits per heavy atom. The van der Waals surface area contributed by atoms with Crippen molar-refractivity contribution >= 4 is 16.7 Å². The van der Waals surface area contributed by atoms with Gasteiger partial charge >= 0.3 is 0 Å². The van der Waals surface area contributed by atoms with Crippen LogP contribution < -0.4 is 0 Å². The molecule has 1 unspecified atom stereocenters. The van der Waals surface area contributed by atoms with E-state index in [4.69, 9.17) is 4.74 Å². The van der Waals surface area contributed by atoms with Crippen molar-refractivity contribution in [1.29, 1.82) is 0 Å². The summed E-state index contributed by atoms with van der Waals surface area (Å²) in [7, 11) is 1.61. The lowest BCUT2D eigenvalue weighted by Gasteiger charge is -2.13. The summed E-state index contributed by atoms with van der Waals surface area (Å²) in [6.45, 7) is 0. The van der Waals surface area contributed by atoms with E-state index < -0.39 is 0 Å². The molecule has 1 atom stereocenters. The summed E-state index contributed by atoms with van der Waals surface area (Å²) in [5, 5.41) is 0.994. The van der Waals surface area contributed by atoms with Crippen LogP contribution in [0.4, 0.5) is 0 Å². The number of nitrogens with zero attached hydrogens (tertiary/aromatic N) is 1. The van der Waals surface area contributed by atoms with Crippen LogP contribution in [0.15, 0.2) is 36.5 Å². The van der Waals surface area contributed by atoms with Gasteiger partial charge in [-0.25, -0.2) is 0 Å². The van der Waals surface area contributed by atoms with Crippen molar-refractivity contribution in [3.8, 4) is 0 Å². The van der Waals surface area contributed by atoms with Crippen molar-refractivity contribution in [2.24, 2.45) is 5.92 Å². The minimum atomic E-state index is -0.279. The van der Waals surface area contributed by atoms with Crippen molar-refractivity contribution < 1.29 is 9.53 Å². The number of hydrogen-bond donors (Lipinski definition) is 0. The van der Waals surface area contributed by atoms with Crippen LogP contribution >= 0.6 is 0 Å². The standard InChI is InChI=1S/C15H15NO2/c1-18-15(10-4-5-10)14(17)12-6-7-13-11(9-12)3-2-8-16-13/h2-3,6-10,15H,4-5H2,1H3. The van der Waals surface area contributed by atoms with Crippen molar-refractivity contribution in [2.45, 2.75) is 18.9 Å². The maximum absolute atomic E-state index is 12.4. The number of aromatic nitrogens is 1. The third-order valence-corrected chi connectivity index (χ3v) is 3.45. The molecular weight excluding hydrogens is 226 g/mol. The molecule has 3 heteroatoms. The number of rotatable bonds is 4. The lowest BCUT2D eigenvalue weighted by Crippen LogP contribution is -2.25. The maximum atomic E-state index is 12.4. The number of carbonyl (C=O) groups excluding carboxylic acids is 1. The molecule has 92 valence electrons. The monoisotopic (exact) mass is 241 g/mol. The van der Waals surface area contributed by atoms with E-state index in [1.54, 1.807) is 13.3 Å². The quantitative estimate of drug-likeness (QED) is 0.773. The van der Waals surface area contributed by atoms with Gasteiger partial charge in [0.25, 0.3) is 0 Å². The van der Waals surface area contributed by atoms with Gasteiger partial charge in [-0.3, -0.25) is 9.78 Å². The highest BCUT2D eigenvalue weighted by Gasteiger charge is 2.36. The zero-order valence-corrected chi connectivity index (χ0v) is 10.3. The summed E-state index contributed by atoms with van der Waals surface area (Å²) in [5.74, 6) is 0.498. The number of fused-ring (bicyclic) bond motifs is 1. The largest absolute Gasteiger partial charge is 0.373 e. The first-order valence-electron chi connectivity index (χ1n) is 6.21. The third kappa shape index (κ3) is 2.02. The zero-order chi connectivity index (χ0) is 12.5. The van der Waals surface area contributed by atoms with Gasteiger partial charge in [0.2, 0.25) is 0 Å². The van der Waals surface area contributed by atoms with Crippen molar-refractivity contribution in [1.82, 2.24) is 4.98 Å². The van der Waals surface area contributed by atoms with Gasteiger partial charge < -0.3 is 4.74 Å². The van der Waals surface area contributed by atoms with Crippen LogP contribution in [0.3, 0.4) is 0 Å². The summed E-state index contributed by atoms with van der Waals surface area (Å²) in [4.78, 5) is 16.6. The third-order valence-electron chi connectivity index (χ3n) is 3.45. The van der Waals surface area contributed by atoms with Gasteiger partial charge in [0.1, 0.15) is 6.10 Å². The Morgan fingerprint density at radius 1 is 1.39 bits per heavy atom. The lowest BCUT2D eigenvalue weighted by atomic mass is 10.0. The second-order valence-electron chi connectivity index (χ2n) is 4.77. The van der Waals surface area contributed by atoms with Crippen molar-refractivity contribution in [3.63, 3.8) is 0 Å². The minimum absolute atomic E-state index is 0.0887. The first kappa shape index (κ1) is 11.4. The van der Waals surface area contributed by atoms with E-state index in [0.29, 0.717) is 11.5 Å². The van der Waals surface area contributed by atoms with E-state index in [9.17, 15) is 4.79 Å². The Kier molecular flexibility index (Phi) is 2.84. The Morgan fingerprint density at radius 3 is 2.94 bits per heavy atom. The molecule has 0 radical (unpaired) electrons. The Hall–Kier alpha value is -1.74. The number of carbonyl (C=O) groups is 1. The molecule has 18 heavy (non-hydrogen) atoms. The topological polar surface area (TPSA) is 39.2 Å². The van der Waals surface area contributed by atoms with Crippen LogP contribution in [0.2, 0.25) is 0 Å². The first-order valence-corrected chi connectivity index (χ1v) is 6.21. The van der Waals surface area contributed by atoms with Gasteiger partial charge in [0.05, 0.1) is 5.52 Å². The number of benzene rings is 1. The van der Waals surface area contributed by atoms with E-state index in [2.05, 4.69) is 4.98 Å². The second kappa shape index (κ2) is 4.50. The fourth-order valence-electron chi connectivity index (χ4n) is 2.31. The predicted molar refractivity (Wildman–Crippen MR) is 69.6 cm³/mol. The summed E-state index contributed by atoms with van der Waals surface area (Å²) in [6, 6.07) is 9.48. The Bertz CT molecular complexity index is 590. The molecule has 0 bridgehead atoms. The number of methoxy groups -OCH3 is 1. The van der Waals surface area contributed by atoms with Gasteiger partial charge in [-0.05, 0) is 43.0 Å². The van der Waals surface area contributed by atoms with Gasteiger partial charge in [0, 0.05) is 24.3 Å². The van der Waals surface area contributed by atoms with Crippen LogP contribution in [-0.2, 0) is 4.74 Å². The smallest absolute Gasteiger partial charge is 0.191 e. The molecule has 0 N–H and O–H groups in total. The summed E-state index contributed by atoms with van der Waals surface area (Å²) in [5.41, 5.74) is 1.63. The number of ether oxygens (including phenoxy) is 1. The molecule has 0 saturated heterocycles. The minimum Gasteiger partial charge on any atom is -0.373 e. The molecule has 1 aromatic heterocycles.